The third kappa shape index (κ3) is 3.06. The van der Waals surface area contributed by atoms with Crippen molar-refractivity contribution in [3.05, 3.63) is 29.8 Å². The van der Waals surface area contributed by atoms with E-state index in [1.54, 1.807) is 0 Å². The first kappa shape index (κ1) is 14.3. The average molecular weight is 269 g/mol. The molecule has 1 saturated carbocycles. The predicted molar refractivity (Wildman–Crippen MR) is 71.2 cm³/mol. The van der Waals surface area contributed by atoms with Crippen molar-refractivity contribution in [1.29, 1.82) is 0 Å². The largest absolute Gasteiger partial charge is 0.485 e. The Morgan fingerprint density at radius 2 is 1.95 bits per heavy atom. The lowest BCUT2D eigenvalue weighted by Crippen LogP contribution is -2.49. The summed E-state index contributed by atoms with van der Waals surface area (Å²) < 4.78 is 32.6. The van der Waals surface area contributed by atoms with Gasteiger partial charge in [-0.3, -0.25) is 0 Å². The highest BCUT2D eigenvalue weighted by Gasteiger charge is 2.35. The van der Waals surface area contributed by atoms with Crippen LogP contribution < -0.4 is 10.1 Å². The maximum absolute atomic E-state index is 13.7. The van der Waals surface area contributed by atoms with Crippen LogP contribution >= 0.6 is 0 Å². The number of hydrogen-bond donors (Lipinski definition) is 1. The summed E-state index contributed by atoms with van der Waals surface area (Å²) in [6.07, 6.45) is 1.90. The summed E-state index contributed by atoms with van der Waals surface area (Å²) in [6.45, 7) is 4.31. The van der Waals surface area contributed by atoms with E-state index in [-0.39, 0.29) is 17.9 Å². The van der Waals surface area contributed by atoms with E-state index in [0.29, 0.717) is 11.8 Å². The molecule has 0 saturated heterocycles. The van der Waals surface area contributed by atoms with Gasteiger partial charge in [0.2, 0.25) is 5.82 Å². The molecule has 1 aromatic carbocycles. The minimum Gasteiger partial charge on any atom is -0.485 e. The first-order chi connectivity index (χ1) is 9.02. The highest BCUT2D eigenvalue weighted by Crippen LogP contribution is 2.33. The first-order valence-corrected chi connectivity index (χ1v) is 6.80. The van der Waals surface area contributed by atoms with Gasteiger partial charge >= 0.3 is 0 Å². The van der Waals surface area contributed by atoms with Gasteiger partial charge < -0.3 is 10.1 Å². The topological polar surface area (TPSA) is 21.3 Å². The second kappa shape index (κ2) is 5.87. The van der Waals surface area contributed by atoms with Crippen LogP contribution in [0, 0.1) is 23.5 Å². The molecule has 2 rings (SSSR count). The smallest absolute Gasteiger partial charge is 0.200 e. The third-order valence-corrected chi connectivity index (χ3v) is 3.94. The molecule has 0 radical (unpaired) electrons. The van der Waals surface area contributed by atoms with Gasteiger partial charge in [0.1, 0.15) is 6.10 Å². The number of halogens is 2. The Bertz CT molecular complexity index is 438. The number of ether oxygens (including phenoxy) is 1. The fourth-order valence-electron chi connectivity index (χ4n) is 3.03. The Labute approximate surface area is 113 Å². The molecule has 2 nitrogen and oxygen atoms in total. The molecule has 1 aromatic rings. The van der Waals surface area contributed by atoms with E-state index in [9.17, 15) is 8.78 Å². The monoisotopic (exact) mass is 269 g/mol. The zero-order valence-electron chi connectivity index (χ0n) is 11.6. The summed E-state index contributed by atoms with van der Waals surface area (Å²) in [4.78, 5) is 0. The van der Waals surface area contributed by atoms with Gasteiger partial charge in [0, 0.05) is 6.04 Å². The van der Waals surface area contributed by atoms with Crippen LogP contribution in [0.4, 0.5) is 8.78 Å². The van der Waals surface area contributed by atoms with E-state index in [0.717, 1.165) is 18.9 Å². The Kier molecular flexibility index (Phi) is 4.40. The van der Waals surface area contributed by atoms with Gasteiger partial charge in [-0.25, -0.2) is 4.39 Å². The predicted octanol–water partition coefficient (Wildman–Crippen LogP) is 3.37. The van der Waals surface area contributed by atoms with Crippen molar-refractivity contribution in [1.82, 2.24) is 5.32 Å². The molecule has 0 heterocycles. The van der Waals surface area contributed by atoms with Crippen LogP contribution in [0.3, 0.4) is 0 Å². The van der Waals surface area contributed by atoms with Gasteiger partial charge in [-0.05, 0) is 43.9 Å². The Balaban J connectivity index is 2.18. The van der Waals surface area contributed by atoms with E-state index < -0.39 is 11.6 Å². The van der Waals surface area contributed by atoms with Crippen molar-refractivity contribution in [2.45, 2.75) is 38.8 Å². The number of nitrogens with one attached hydrogen (secondary N) is 1. The molecule has 0 aliphatic heterocycles. The molecular formula is C15H21F2NO. The van der Waals surface area contributed by atoms with Crippen molar-refractivity contribution >= 4 is 0 Å². The summed E-state index contributed by atoms with van der Waals surface area (Å²) in [7, 11) is 1.88. The zero-order chi connectivity index (χ0) is 14.0. The van der Waals surface area contributed by atoms with Crippen LogP contribution in [0.5, 0.6) is 5.75 Å². The molecule has 0 bridgehead atoms. The lowest BCUT2D eigenvalue weighted by molar-refractivity contribution is 0.0471. The van der Waals surface area contributed by atoms with Crippen LogP contribution in [-0.2, 0) is 0 Å². The summed E-state index contributed by atoms with van der Waals surface area (Å²) in [5, 5.41) is 3.23. The van der Waals surface area contributed by atoms with Crippen LogP contribution in [0.1, 0.15) is 26.7 Å². The fourth-order valence-corrected chi connectivity index (χ4v) is 3.03. The van der Waals surface area contributed by atoms with E-state index in [1.165, 1.54) is 12.1 Å². The van der Waals surface area contributed by atoms with E-state index in [2.05, 4.69) is 19.2 Å². The summed E-state index contributed by atoms with van der Waals surface area (Å²) in [5.41, 5.74) is 0. The molecule has 106 valence electrons. The summed E-state index contributed by atoms with van der Waals surface area (Å²) >= 11 is 0. The number of benzene rings is 1. The standard InChI is InChI=1S/C15H21F2NO/c1-9-7-10(2)15(12(8-9)18-3)19-13-6-4-5-11(16)14(13)17/h4-6,9-10,12,15,18H,7-8H2,1-3H3. The average Bonchev–Trinajstić information content (AvgIpc) is 2.37. The highest BCUT2D eigenvalue weighted by atomic mass is 19.2. The maximum Gasteiger partial charge on any atom is 0.200 e. The molecule has 4 unspecified atom stereocenters. The molecule has 0 amide bonds. The molecule has 1 aliphatic rings. The normalized spacial score (nSPS) is 31.2. The van der Waals surface area contributed by atoms with Crippen molar-refractivity contribution in [2.75, 3.05) is 7.05 Å². The van der Waals surface area contributed by atoms with Crippen LogP contribution in [0.25, 0.3) is 0 Å². The lowest BCUT2D eigenvalue weighted by Gasteiger charge is -2.39. The van der Waals surface area contributed by atoms with Crippen LogP contribution in [-0.4, -0.2) is 19.2 Å². The fraction of sp³-hybridized carbons (Fsp3) is 0.600. The summed E-state index contributed by atoms with van der Waals surface area (Å²) in [6, 6.07) is 4.22. The number of rotatable bonds is 3. The van der Waals surface area contributed by atoms with E-state index in [4.69, 9.17) is 4.74 Å². The minimum absolute atomic E-state index is 0.00616. The Morgan fingerprint density at radius 3 is 2.63 bits per heavy atom. The van der Waals surface area contributed by atoms with Crippen molar-refractivity contribution in [3.8, 4) is 5.75 Å². The van der Waals surface area contributed by atoms with Gasteiger partial charge in [0.05, 0.1) is 0 Å². The molecular weight excluding hydrogens is 248 g/mol. The third-order valence-electron chi connectivity index (χ3n) is 3.94. The molecule has 4 atom stereocenters. The highest BCUT2D eigenvalue weighted by molar-refractivity contribution is 5.25. The maximum atomic E-state index is 13.7. The second-order valence-electron chi connectivity index (χ2n) is 5.58. The second-order valence-corrected chi connectivity index (χ2v) is 5.58. The Hall–Kier alpha value is -1.16. The number of likely N-dealkylation sites (N-methyl/N-ethyl adjacent to an activating group) is 1. The van der Waals surface area contributed by atoms with Crippen molar-refractivity contribution in [3.63, 3.8) is 0 Å². The Morgan fingerprint density at radius 1 is 1.21 bits per heavy atom. The molecule has 1 aliphatic carbocycles. The molecule has 1 N–H and O–H groups in total. The van der Waals surface area contributed by atoms with Gasteiger partial charge in [-0.2, -0.15) is 4.39 Å². The molecule has 0 spiro atoms. The first-order valence-electron chi connectivity index (χ1n) is 6.80. The van der Waals surface area contributed by atoms with Crippen LogP contribution in [0.15, 0.2) is 18.2 Å². The molecule has 4 heteroatoms. The van der Waals surface area contributed by atoms with E-state index in [1.807, 2.05) is 7.05 Å². The van der Waals surface area contributed by atoms with Crippen LogP contribution in [0.2, 0.25) is 0 Å². The molecule has 19 heavy (non-hydrogen) atoms. The van der Waals surface area contributed by atoms with Crippen molar-refractivity contribution < 1.29 is 13.5 Å². The molecule has 1 fully saturated rings. The summed E-state index contributed by atoms with van der Waals surface area (Å²) in [5.74, 6) is -0.835. The SMILES string of the molecule is CNC1CC(C)CC(C)C1Oc1cccc(F)c1F. The van der Waals surface area contributed by atoms with Gasteiger partial charge in [-0.1, -0.05) is 19.9 Å². The van der Waals surface area contributed by atoms with E-state index >= 15 is 0 Å². The van der Waals surface area contributed by atoms with Crippen molar-refractivity contribution in [2.24, 2.45) is 11.8 Å². The van der Waals surface area contributed by atoms with Gasteiger partial charge in [-0.15, -0.1) is 0 Å². The lowest BCUT2D eigenvalue weighted by atomic mass is 9.78. The van der Waals surface area contributed by atoms with Gasteiger partial charge in [0.15, 0.2) is 11.6 Å². The zero-order valence-corrected chi connectivity index (χ0v) is 11.6. The minimum atomic E-state index is -0.900. The molecule has 0 aromatic heterocycles. The number of hydrogen-bond acceptors (Lipinski definition) is 2. The quantitative estimate of drug-likeness (QED) is 0.908. The van der Waals surface area contributed by atoms with Gasteiger partial charge in [0.25, 0.3) is 0 Å².